The Hall–Kier alpha value is -2.04. The Kier molecular flexibility index (Phi) is 6.32. The molecule has 0 saturated carbocycles. The summed E-state index contributed by atoms with van der Waals surface area (Å²) in [5.74, 6) is 1.11. The van der Waals surface area contributed by atoms with Gasteiger partial charge in [-0.25, -0.2) is 0 Å². The zero-order valence-corrected chi connectivity index (χ0v) is 17.0. The molecule has 1 saturated heterocycles. The summed E-state index contributed by atoms with van der Waals surface area (Å²) in [6.45, 7) is 12.8. The minimum atomic E-state index is -0.0384. The van der Waals surface area contributed by atoms with Gasteiger partial charge in [0.25, 0.3) is 5.91 Å². The van der Waals surface area contributed by atoms with Crippen LogP contribution in [0, 0.1) is 5.92 Å². The summed E-state index contributed by atoms with van der Waals surface area (Å²) < 4.78 is 5.42. The van der Waals surface area contributed by atoms with Crippen molar-refractivity contribution in [1.82, 2.24) is 9.80 Å². The van der Waals surface area contributed by atoms with E-state index in [9.17, 15) is 9.59 Å². The maximum absolute atomic E-state index is 13.1. The van der Waals surface area contributed by atoms with Gasteiger partial charge in [0.2, 0.25) is 5.91 Å². The Bertz CT molecular complexity index is 654. The third-order valence-electron chi connectivity index (χ3n) is 4.80. The predicted octanol–water partition coefficient (Wildman–Crippen LogP) is 3.32. The molecular weight excluding hydrogens is 328 g/mol. The van der Waals surface area contributed by atoms with Crippen molar-refractivity contribution in [1.29, 1.82) is 0 Å². The van der Waals surface area contributed by atoms with Gasteiger partial charge in [-0.3, -0.25) is 9.59 Å². The first-order chi connectivity index (χ1) is 12.1. The summed E-state index contributed by atoms with van der Waals surface area (Å²) >= 11 is 0. The number of benzene rings is 1. The minimum absolute atomic E-state index is 0.0242. The number of hydrogen-bond acceptors (Lipinski definition) is 3. The maximum atomic E-state index is 13.1. The Balaban J connectivity index is 2.12. The van der Waals surface area contributed by atoms with Gasteiger partial charge in [-0.2, -0.15) is 0 Å². The summed E-state index contributed by atoms with van der Waals surface area (Å²) in [7, 11) is 1.59. The van der Waals surface area contributed by atoms with Gasteiger partial charge in [-0.05, 0) is 29.0 Å². The van der Waals surface area contributed by atoms with Gasteiger partial charge in [0.05, 0.1) is 12.7 Å². The smallest absolute Gasteiger partial charge is 0.257 e. The number of rotatable bonds is 4. The molecule has 0 N–H and O–H groups in total. The van der Waals surface area contributed by atoms with Gasteiger partial charge >= 0.3 is 0 Å². The van der Waals surface area contributed by atoms with Crippen molar-refractivity contribution >= 4 is 11.8 Å². The molecule has 26 heavy (non-hydrogen) atoms. The van der Waals surface area contributed by atoms with Crippen molar-refractivity contribution in [2.75, 3.05) is 33.3 Å². The Morgan fingerprint density at radius 1 is 1.08 bits per heavy atom. The summed E-state index contributed by atoms with van der Waals surface area (Å²) in [5.41, 5.74) is 1.66. The lowest BCUT2D eigenvalue weighted by atomic mass is 9.86. The first-order valence-electron chi connectivity index (χ1n) is 9.39. The van der Waals surface area contributed by atoms with Gasteiger partial charge in [0.15, 0.2) is 0 Å². The van der Waals surface area contributed by atoms with Gasteiger partial charge in [-0.1, -0.05) is 40.7 Å². The van der Waals surface area contributed by atoms with E-state index in [1.165, 1.54) is 0 Å². The van der Waals surface area contributed by atoms with Crippen LogP contribution in [0.2, 0.25) is 0 Å². The van der Waals surface area contributed by atoms with E-state index < -0.39 is 0 Å². The fraction of sp³-hybridized carbons (Fsp3) is 0.619. The predicted molar refractivity (Wildman–Crippen MR) is 104 cm³/mol. The van der Waals surface area contributed by atoms with E-state index in [-0.39, 0.29) is 17.2 Å². The summed E-state index contributed by atoms with van der Waals surface area (Å²) in [6, 6.07) is 5.83. The highest BCUT2D eigenvalue weighted by atomic mass is 16.5. The van der Waals surface area contributed by atoms with Gasteiger partial charge < -0.3 is 14.5 Å². The van der Waals surface area contributed by atoms with E-state index in [1.807, 2.05) is 41.8 Å². The van der Waals surface area contributed by atoms with Crippen LogP contribution in [0.15, 0.2) is 18.2 Å². The van der Waals surface area contributed by atoms with E-state index in [0.29, 0.717) is 49.8 Å². The van der Waals surface area contributed by atoms with Crippen LogP contribution < -0.4 is 4.74 Å². The first-order valence-corrected chi connectivity index (χ1v) is 9.39. The SMILES string of the molecule is COc1ccc(C(C)(C)C)cc1C(=O)N1CCN(C(=O)CC(C)C)CC1. The minimum Gasteiger partial charge on any atom is -0.496 e. The highest BCUT2D eigenvalue weighted by Crippen LogP contribution is 2.29. The average molecular weight is 360 g/mol. The van der Waals surface area contributed by atoms with Crippen molar-refractivity contribution in [3.05, 3.63) is 29.3 Å². The molecule has 2 rings (SSSR count). The molecule has 1 aromatic rings. The quantitative estimate of drug-likeness (QED) is 0.828. The number of nitrogens with zero attached hydrogens (tertiary/aromatic N) is 2. The second-order valence-electron chi connectivity index (χ2n) is 8.44. The molecule has 0 aromatic heterocycles. The van der Waals surface area contributed by atoms with Crippen molar-refractivity contribution < 1.29 is 14.3 Å². The molecule has 1 fully saturated rings. The second-order valence-corrected chi connectivity index (χ2v) is 8.44. The van der Waals surface area contributed by atoms with Crippen LogP contribution in [0.3, 0.4) is 0 Å². The molecule has 0 spiro atoms. The fourth-order valence-corrected chi connectivity index (χ4v) is 3.15. The van der Waals surface area contributed by atoms with Crippen LogP contribution in [-0.2, 0) is 10.2 Å². The Morgan fingerprint density at radius 2 is 1.65 bits per heavy atom. The molecule has 5 heteroatoms. The molecule has 0 radical (unpaired) electrons. The van der Waals surface area contributed by atoms with Crippen molar-refractivity contribution in [2.45, 2.75) is 46.5 Å². The van der Waals surface area contributed by atoms with E-state index in [1.54, 1.807) is 7.11 Å². The molecule has 0 unspecified atom stereocenters. The lowest BCUT2D eigenvalue weighted by Gasteiger charge is -2.35. The zero-order valence-electron chi connectivity index (χ0n) is 17.0. The highest BCUT2D eigenvalue weighted by Gasteiger charge is 2.27. The van der Waals surface area contributed by atoms with E-state index in [0.717, 1.165) is 5.56 Å². The van der Waals surface area contributed by atoms with E-state index >= 15 is 0 Å². The summed E-state index contributed by atoms with van der Waals surface area (Å²) in [5, 5.41) is 0. The van der Waals surface area contributed by atoms with Crippen molar-refractivity contribution in [3.63, 3.8) is 0 Å². The van der Waals surface area contributed by atoms with Crippen LogP contribution in [0.4, 0.5) is 0 Å². The zero-order chi connectivity index (χ0) is 19.5. The van der Waals surface area contributed by atoms with Crippen LogP contribution in [-0.4, -0.2) is 54.9 Å². The Labute approximate surface area is 157 Å². The van der Waals surface area contributed by atoms with Crippen molar-refractivity contribution in [2.24, 2.45) is 5.92 Å². The Morgan fingerprint density at radius 3 is 2.15 bits per heavy atom. The molecule has 2 amide bonds. The number of carbonyl (C=O) groups excluding carboxylic acids is 2. The summed E-state index contributed by atoms with van der Waals surface area (Å²) in [4.78, 5) is 29.0. The number of hydrogen-bond donors (Lipinski definition) is 0. The number of ether oxygens (including phenoxy) is 1. The van der Waals surface area contributed by atoms with Crippen LogP contribution >= 0.6 is 0 Å². The number of piperazine rings is 1. The number of methoxy groups -OCH3 is 1. The third kappa shape index (κ3) is 4.77. The van der Waals surface area contributed by atoms with Crippen LogP contribution in [0.5, 0.6) is 5.75 Å². The molecular formula is C21H32N2O3. The molecule has 5 nitrogen and oxygen atoms in total. The van der Waals surface area contributed by atoms with Crippen LogP contribution in [0.25, 0.3) is 0 Å². The average Bonchev–Trinajstić information content (AvgIpc) is 2.59. The third-order valence-corrected chi connectivity index (χ3v) is 4.80. The highest BCUT2D eigenvalue weighted by molar-refractivity contribution is 5.97. The maximum Gasteiger partial charge on any atom is 0.257 e. The summed E-state index contributed by atoms with van der Waals surface area (Å²) in [6.07, 6.45) is 0.565. The van der Waals surface area contributed by atoms with Gasteiger partial charge in [-0.15, -0.1) is 0 Å². The molecule has 1 aliphatic heterocycles. The topological polar surface area (TPSA) is 49.9 Å². The van der Waals surface area contributed by atoms with Crippen LogP contribution in [0.1, 0.15) is 57.0 Å². The monoisotopic (exact) mass is 360 g/mol. The largest absolute Gasteiger partial charge is 0.496 e. The lowest BCUT2D eigenvalue weighted by Crippen LogP contribution is -2.50. The first kappa shape index (κ1) is 20.3. The molecule has 1 aliphatic rings. The lowest BCUT2D eigenvalue weighted by molar-refractivity contribution is -0.133. The molecule has 0 atom stereocenters. The van der Waals surface area contributed by atoms with Gasteiger partial charge in [0.1, 0.15) is 5.75 Å². The van der Waals surface area contributed by atoms with E-state index in [4.69, 9.17) is 4.74 Å². The molecule has 144 valence electrons. The van der Waals surface area contributed by atoms with Gasteiger partial charge in [0, 0.05) is 32.6 Å². The molecule has 1 heterocycles. The number of carbonyl (C=O) groups is 2. The molecule has 1 aromatic carbocycles. The van der Waals surface area contributed by atoms with Crippen molar-refractivity contribution in [3.8, 4) is 5.75 Å². The van der Waals surface area contributed by atoms with E-state index in [2.05, 4.69) is 20.8 Å². The second kappa shape index (κ2) is 8.11. The molecule has 0 aliphatic carbocycles. The standard InChI is InChI=1S/C21H32N2O3/c1-15(2)13-19(24)22-9-11-23(12-10-22)20(25)17-14-16(21(3,4)5)7-8-18(17)26-6/h7-8,14-15H,9-13H2,1-6H3. The molecule has 0 bridgehead atoms. The normalized spacial score (nSPS) is 15.3. The number of amides is 2. The fourth-order valence-electron chi connectivity index (χ4n) is 3.15.